The molecule has 0 radical (unpaired) electrons. The van der Waals surface area contributed by atoms with Gasteiger partial charge in [-0.15, -0.1) is 0 Å². The number of methoxy groups -OCH3 is 1. The first-order valence-electron chi connectivity index (χ1n) is 5.69. The second kappa shape index (κ2) is 5.31. The summed E-state index contributed by atoms with van der Waals surface area (Å²) in [5, 5.41) is 0.463. The van der Waals surface area contributed by atoms with Crippen LogP contribution in [0.15, 0.2) is 18.3 Å². The Morgan fingerprint density at radius 3 is 2.72 bits per heavy atom. The molecule has 5 heteroatoms. The monoisotopic (exact) mass is 263 g/mol. The van der Waals surface area contributed by atoms with Gasteiger partial charge in [-0.05, 0) is 19.1 Å². The highest BCUT2D eigenvalue weighted by atomic mass is 35.5. The Morgan fingerprint density at radius 2 is 2.06 bits per heavy atom. The highest BCUT2D eigenvalue weighted by Crippen LogP contribution is 2.30. The number of halogens is 1. The van der Waals surface area contributed by atoms with Crippen LogP contribution in [0.5, 0.6) is 5.75 Å². The molecule has 0 atom stereocenters. The van der Waals surface area contributed by atoms with E-state index in [1.54, 1.807) is 13.3 Å². The molecular formula is C13H14ClN3O. The molecular weight excluding hydrogens is 250 g/mol. The fraction of sp³-hybridized carbons (Fsp3) is 0.308. The summed E-state index contributed by atoms with van der Waals surface area (Å²) in [6.45, 7) is 3.87. The zero-order valence-corrected chi connectivity index (χ0v) is 11.3. The van der Waals surface area contributed by atoms with E-state index in [-0.39, 0.29) is 0 Å². The fourth-order valence-corrected chi connectivity index (χ4v) is 1.84. The molecule has 2 rings (SSSR count). The number of hydrogen-bond acceptors (Lipinski definition) is 4. The summed E-state index contributed by atoms with van der Waals surface area (Å²) in [6.07, 6.45) is 2.43. The molecule has 0 aromatic carbocycles. The van der Waals surface area contributed by atoms with E-state index >= 15 is 0 Å². The normalized spacial score (nSPS) is 10.4. The van der Waals surface area contributed by atoms with Crippen molar-refractivity contribution >= 4 is 11.6 Å². The van der Waals surface area contributed by atoms with Gasteiger partial charge in [0.05, 0.1) is 7.11 Å². The first-order valence-corrected chi connectivity index (χ1v) is 6.07. The Kier molecular flexibility index (Phi) is 3.77. The maximum absolute atomic E-state index is 6.12. The van der Waals surface area contributed by atoms with Crippen molar-refractivity contribution in [2.24, 2.45) is 0 Å². The lowest BCUT2D eigenvalue weighted by Crippen LogP contribution is -2.02. The van der Waals surface area contributed by atoms with E-state index < -0.39 is 0 Å². The molecule has 0 amide bonds. The maximum Gasteiger partial charge on any atom is 0.146 e. The SMILES string of the molecule is CCc1nc(Cl)c(C)c(-c2ncccc2OC)n1. The van der Waals surface area contributed by atoms with Gasteiger partial charge in [-0.1, -0.05) is 18.5 Å². The van der Waals surface area contributed by atoms with Gasteiger partial charge in [0.15, 0.2) is 0 Å². The van der Waals surface area contributed by atoms with Gasteiger partial charge < -0.3 is 4.74 Å². The van der Waals surface area contributed by atoms with Crippen LogP contribution in [0.1, 0.15) is 18.3 Å². The van der Waals surface area contributed by atoms with Crippen molar-refractivity contribution < 1.29 is 4.74 Å². The van der Waals surface area contributed by atoms with Crippen LogP contribution in [0.25, 0.3) is 11.4 Å². The molecule has 4 nitrogen and oxygen atoms in total. The number of aromatic nitrogens is 3. The van der Waals surface area contributed by atoms with Gasteiger partial charge in [0.25, 0.3) is 0 Å². The topological polar surface area (TPSA) is 47.9 Å². The third-order valence-electron chi connectivity index (χ3n) is 2.66. The minimum atomic E-state index is 0.463. The number of ether oxygens (including phenoxy) is 1. The van der Waals surface area contributed by atoms with E-state index in [0.29, 0.717) is 22.4 Å². The molecule has 0 aliphatic rings. The van der Waals surface area contributed by atoms with Crippen molar-refractivity contribution in [3.05, 3.63) is 34.9 Å². The van der Waals surface area contributed by atoms with Crippen molar-refractivity contribution in [2.45, 2.75) is 20.3 Å². The van der Waals surface area contributed by atoms with Crippen molar-refractivity contribution in [2.75, 3.05) is 7.11 Å². The predicted molar refractivity (Wildman–Crippen MR) is 70.9 cm³/mol. The number of nitrogens with zero attached hydrogens (tertiary/aromatic N) is 3. The van der Waals surface area contributed by atoms with Crippen molar-refractivity contribution in [1.82, 2.24) is 15.0 Å². The summed E-state index contributed by atoms with van der Waals surface area (Å²) >= 11 is 6.12. The van der Waals surface area contributed by atoms with Gasteiger partial charge in [0.2, 0.25) is 0 Å². The standard InChI is InChI=1S/C13H14ClN3O/c1-4-10-16-11(8(2)13(14)17-10)12-9(18-3)6-5-7-15-12/h5-7H,4H2,1-3H3. The first kappa shape index (κ1) is 12.8. The quantitative estimate of drug-likeness (QED) is 0.799. The van der Waals surface area contributed by atoms with Gasteiger partial charge in [0, 0.05) is 18.2 Å². The molecule has 0 spiro atoms. The predicted octanol–water partition coefficient (Wildman–Crippen LogP) is 3.07. The lowest BCUT2D eigenvalue weighted by Gasteiger charge is -2.10. The van der Waals surface area contributed by atoms with Crippen molar-refractivity contribution in [1.29, 1.82) is 0 Å². The number of aryl methyl sites for hydroxylation is 1. The minimum Gasteiger partial charge on any atom is -0.494 e. The lowest BCUT2D eigenvalue weighted by atomic mass is 10.1. The van der Waals surface area contributed by atoms with Crippen LogP contribution in [0, 0.1) is 6.92 Å². The molecule has 0 fully saturated rings. The van der Waals surface area contributed by atoms with E-state index in [4.69, 9.17) is 16.3 Å². The third kappa shape index (κ3) is 2.29. The zero-order chi connectivity index (χ0) is 13.1. The maximum atomic E-state index is 6.12. The molecule has 0 bridgehead atoms. The van der Waals surface area contributed by atoms with Gasteiger partial charge in [-0.25, -0.2) is 9.97 Å². The highest BCUT2D eigenvalue weighted by Gasteiger charge is 2.15. The average Bonchev–Trinajstić information content (AvgIpc) is 2.41. The van der Waals surface area contributed by atoms with Crippen LogP contribution in [0.3, 0.4) is 0 Å². The minimum absolute atomic E-state index is 0.463. The second-order valence-electron chi connectivity index (χ2n) is 3.81. The van der Waals surface area contributed by atoms with Gasteiger partial charge >= 0.3 is 0 Å². The van der Waals surface area contributed by atoms with Crippen molar-refractivity contribution in [3.8, 4) is 17.1 Å². The van der Waals surface area contributed by atoms with Gasteiger partial charge in [-0.2, -0.15) is 0 Å². The molecule has 0 aliphatic heterocycles. The molecule has 2 aromatic heterocycles. The molecule has 0 saturated carbocycles. The van der Waals surface area contributed by atoms with Gasteiger partial charge in [-0.3, -0.25) is 4.98 Å². The Bertz CT molecular complexity index is 572. The summed E-state index contributed by atoms with van der Waals surface area (Å²) in [4.78, 5) is 13.0. The summed E-state index contributed by atoms with van der Waals surface area (Å²) in [7, 11) is 1.61. The Hall–Kier alpha value is -1.68. The van der Waals surface area contributed by atoms with Crippen LogP contribution in [0.4, 0.5) is 0 Å². The molecule has 0 aliphatic carbocycles. The molecule has 0 unspecified atom stereocenters. The molecule has 2 aromatic rings. The molecule has 2 heterocycles. The lowest BCUT2D eigenvalue weighted by molar-refractivity contribution is 0.414. The summed E-state index contributed by atoms with van der Waals surface area (Å²) < 4.78 is 5.30. The molecule has 94 valence electrons. The Balaban J connectivity index is 2.66. The fourth-order valence-electron chi connectivity index (χ4n) is 1.65. The first-order chi connectivity index (χ1) is 8.67. The number of pyridine rings is 1. The van der Waals surface area contributed by atoms with Crippen molar-refractivity contribution in [3.63, 3.8) is 0 Å². The largest absolute Gasteiger partial charge is 0.494 e. The Labute approximate surface area is 111 Å². The average molecular weight is 264 g/mol. The number of hydrogen-bond donors (Lipinski definition) is 0. The van der Waals surface area contributed by atoms with E-state index in [2.05, 4.69) is 15.0 Å². The van der Waals surface area contributed by atoms with Crippen LogP contribution in [0.2, 0.25) is 5.15 Å². The van der Waals surface area contributed by atoms with Crippen LogP contribution >= 0.6 is 11.6 Å². The molecule has 0 N–H and O–H groups in total. The van der Waals surface area contributed by atoms with Crippen LogP contribution < -0.4 is 4.74 Å². The van der Waals surface area contributed by atoms with E-state index in [9.17, 15) is 0 Å². The summed E-state index contributed by atoms with van der Waals surface area (Å²) in [6, 6.07) is 3.67. The third-order valence-corrected chi connectivity index (χ3v) is 3.03. The van der Waals surface area contributed by atoms with E-state index in [0.717, 1.165) is 17.7 Å². The molecule has 0 saturated heterocycles. The van der Waals surface area contributed by atoms with Crippen LogP contribution in [-0.2, 0) is 6.42 Å². The smallest absolute Gasteiger partial charge is 0.146 e. The second-order valence-corrected chi connectivity index (χ2v) is 4.17. The summed E-state index contributed by atoms with van der Waals surface area (Å²) in [5.74, 6) is 1.38. The zero-order valence-electron chi connectivity index (χ0n) is 10.6. The Morgan fingerprint density at radius 1 is 1.28 bits per heavy atom. The van der Waals surface area contributed by atoms with Gasteiger partial charge in [0.1, 0.15) is 28.1 Å². The van der Waals surface area contributed by atoms with E-state index in [1.165, 1.54) is 0 Å². The van der Waals surface area contributed by atoms with Crippen LogP contribution in [-0.4, -0.2) is 22.1 Å². The van der Waals surface area contributed by atoms with E-state index in [1.807, 2.05) is 26.0 Å². The summed E-state index contributed by atoms with van der Waals surface area (Å²) in [5.41, 5.74) is 2.23. The highest BCUT2D eigenvalue weighted by molar-refractivity contribution is 6.30. The number of rotatable bonds is 3. The molecule has 18 heavy (non-hydrogen) atoms.